The van der Waals surface area contributed by atoms with Gasteiger partial charge in [-0.1, -0.05) is 0 Å². The van der Waals surface area contributed by atoms with Gasteiger partial charge in [-0.3, -0.25) is 0 Å². The molecular formula is C4H9N4O2+. The quantitative estimate of drug-likeness (QED) is 0.390. The van der Waals surface area contributed by atoms with Crippen LogP contribution in [0.3, 0.4) is 0 Å². The molecule has 1 amide bonds. The minimum Gasteiger partial charge on any atom is -0.465 e. The first-order valence-electron chi connectivity index (χ1n) is 2.69. The van der Waals surface area contributed by atoms with E-state index < -0.39 is 6.09 Å². The second-order valence-corrected chi connectivity index (χ2v) is 1.77. The summed E-state index contributed by atoms with van der Waals surface area (Å²) >= 11 is 0. The van der Waals surface area contributed by atoms with Crippen LogP contribution in [0.5, 0.6) is 0 Å². The van der Waals surface area contributed by atoms with Crippen LogP contribution in [-0.4, -0.2) is 23.8 Å². The fourth-order valence-electron chi connectivity index (χ4n) is 0.420. The molecule has 1 unspecified atom stereocenters. The maximum absolute atomic E-state index is 9.94. The van der Waals surface area contributed by atoms with Gasteiger partial charge in [0.2, 0.25) is 4.91 Å². The van der Waals surface area contributed by atoms with Gasteiger partial charge in [0.05, 0.1) is 6.04 Å². The van der Waals surface area contributed by atoms with E-state index in [1.165, 1.54) is 0 Å². The summed E-state index contributed by atoms with van der Waals surface area (Å²) in [6, 6.07) is -0.286. The normalized spacial score (nSPS) is 11.3. The van der Waals surface area contributed by atoms with Crippen molar-refractivity contribution < 1.29 is 9.90 Å². The van der Waals surface area contributed by atoms with Crippen molar-refractivity contribution in [3.05, 3.63) is 0 Å². The lowest BCUT2D eigenvalue weighted by Crippen LogP contribution is -2.33. The third-order valence-corrected chi connectivity index (χ3v) is 0.796. The van der Waals surface area contributed by atoms with E-state index in [1.807, 2.05) is 0 Å². The molecule has 0 rings (SSSR count). The predicted octanol–water partition coefficient (Wildman–Crippen LogP) is 0.193. The molecule has 6 nitrogen and oxygen atoms in total. The van der Waals surface area contributed by atoms with Crippen molar-refractivity contribution >= 4 is 6.09 Å². The van der Waals surface area contributed by atoms with Crippen molar-refractivity contribution in [2.75, 3.05) is 6.54 Å². The van der Waals surface area contributed by atoms with Crippen molar-refractivity contribution in [3.8, 4) is 0 Å². The molecule has 0 bridgehead atoms. The summed E-state index contributed by atoms with van der Waals surface area (Å²) in [5.74, 6) is 0. The van der Waals surface area contributed by atoms with E-state index in [0.717, 1.165) is 0 Å². The Balaban J connectivity index is 3.52. The lowest BCUT2D eigenvalue weighted by molar-refractivity contribution is 0.191. The molecule has 0 aliphatic heterocycles. The fourth-order valence-corrected chi connectivity index (χ4v) is 0.420. The number of nitrogens with zero attached hydrogens (tertiary/aromatic N) is 2. The van der Waals surface area contributed by atoms with Gasteiger partial charge in [0.25, 0.3) is 0 Å². The van der Waals surface area contributed by atoms with Crippen LogP contribution in [0.2, 0.25) is 0 Å². The molecule has 3 N–H and O–H groups in total. The summed E-state index contributed by atoms with van der Waals surface area (Å²) in [5, 5.41) is 13.6. The Hall–Kier alpha value is -1.42. The number of hydrogen-bond donors (Lipinski definition) is 3. The minimum absolute atomic E-state index is 0.204. The van der Waals surface area contributed by atoms with E-state index in [9.17, 15) is 4.79 Å². The Morgan fingerprint density at radius 1 is 2.00 bits per heavy atom. The summed E-state index contributed by atoms with van der Waals surface area (Å²) in [5.41, 5.74) is 6.26. The summed E-state index contributed by atoms with van der Waals surface area (Å²) in [7, 11) is 0. The Kier molecular flexibility index (Phi) is 3.83. The second-order valence-electron chi connectivity index (χ2n) is 1.77. The van der Waals surface area contributed by atoms with Gasteiger partial charge < -0.3 is 10.4 Å². The lowest BCUT2D eigenvalue weighted by atomic mass is 10.3. The van der Waals surface area contributed by atoms with Crippen LogP contribution in [0.1, 0.15) is 6.92 Å². The largest absolute Gasteiger partial charge is 0.465 e. The predicted molar refractivity (Wildman–Crippen MR) is 32.8 cm³/mol. The number of rotatable bonds is 3. The Labute approximate surface area is 57.5 Å². The molecule has 0 aromatic carbocycles. The molecule has 1 atom stereocenters. The van der Waals surface area contributed by atoms with Gasteiger partial charge in [0, 0.05) is 0 Å². The Morgan fingerprint density at radius 3 is 3.00 bits per heavy atom. The smallest absolute Gasteiger partial charge is 0.404 e. The average Bonchev–Trinajstić information content (AvgIpc) is 1.82. The first kappa shape index (κ1) is 8.58. The molecule has 6 heteroatoms. The second kappa shape index (κ2) is 4.46. The highest BCUT2D eigenvalue weighted by Crippen LogP contribution is 1.80. The van der Waals surface area contributed by atoms with E-state index in [0.29, 0.717) is 0 Å². The van der Waals surface area contributed by atoms with Gasteiger partial charge in [0.1, 0.15) is 17.2 Å². The van der Waals surface area contributed by atoms with E-state index in [1.54, 1.807) is 6.92 Å². The van der Waals surface area contributed by atoms with Crippen molar-refractivity contribution in [2.24, 2.45) is 5.11 Å². The maximum atomic E-state index is 9.94. The van der Waals surface area contributed by atoms with Crippen molar-refractivity contribution in [3.63, 3.8) is 0 Å². The number of carbonyl (C=O) groups is 1. The zero-order chi connectivity index (χ0) is 7.98. The van der Waals surface area contributed by atoms with Gasteiger partial charge in [-0.15, -0.1) is 0 Å². The van der Waals surface area contributed by atoms with Crippen LogP contribution >= 0.6 is 0 Å². The van der Waals surface area contributed by atoms with Crippen LogP contribution in [0.4, 0.5) is 4.79 Å². The molecule has 0 aromatic heterocycles. The number of nitrogens with one attached hydrogen (secondary N) is 2. The molecule has 0 saturated heterocycles. The zero-order valence-electron chi connectivity index (χ0n) is 5.53. The van der Waals surface area contributed by atoms with E-state index in [-0.39, 0.29) is 12.6 Å². The van der Waals surface area contributed by atoms with Crippen LogP contribution in [0.15, 0.2) is 5.11 Å². The average molecular weight is 145 g/mol. The van der Waals surface area contributed by atoms with Gasteiger partial charge in [-0.2, -0.15) is 0 Å². The van der Waals surface area contributed by atoms with Crippen molar-refractivity contribution in [2.45, 2.75) is 13.0 Å². The van der Waals surface area contributed by atoms with Crippen molar-refractivity contribution in [1.29, 1.82) is 5.53 Å². The minimum atomic E-state index is -1.09. The van der Waals surface area contributed by atoms with Crippen LogP contribution in [0, 0.1) is 5.53 Å². The van der Waals surface area contributed by atoms with Crippen LogP contribution in [-0.2, 0) is 0 Å². The third-order valence-electron chi connectivity index (χ3n) is 0.796. The number of amides is 1. The monoisotopic (exact) mass is 145 g/mol. The SMILES string of the molecule is CC(CN=[N+]=N)NC(=O)O. The molecule has 0 spiro atoms. The van der Waals surface area contributed by atoms with Crippen molar-refractivity contribution in [1.82, 2.24) is 10.2 Å². The topological polar surface area (TPSA) is 99.6 Å². The standard InChI is InChI=1S/C4H8N4O2/c1-3(2-6-8-5)7-4(9)10/h3,5,7H,2H2,1H3/p+1. The maximum Gasteiger partial charge on any atom is 0.404 e. The molecular weight excluding hydrogens is 136 g/mol. The molecule has 0 aromatic rings. The van der Waals surface area contributed by atoms with Gasteiger partial charge in [0.15, 0.2) is 0 Å². The lowest BCUT2D eigenvalue weighted by Gasteiger charge is -2.02. The fraction of sp³-hybridized carbons (Fsp3) is 0.750. The molecule has 0 heterocycles. The van der Waals surface area contributed by atoms with E-state index in [4.69, 9.17) is 10.6 Å². The molecule has 0 aliphatic rings. The molecule has 56 valence electrons. The van der Waals surface area contributed by atoms with Gasteiger partial charge >= 0.3 is 6.09 Å². The molecule has 0 saturated carbocycles. The van der Waals surface area contributed by atoms with Gasteiger partial charge in [-0.05, 0) is 6.92 Å². The highest BCUT2D eigenvalue weighted by molar-refractivity contribution is 5.64. The van der Waals surface area contributed by atoms with Crippen LogP contribution < -0.4 is 10.2 Å². The zero-order valence-corrected chi connectivity index (χ0v) is 5.53. The first-order valence-corrected chi connectivity index (χ1v) is 2.69. The molecule has 10 heavy (non-hydrogen) atoms. The molecule has 0 aliphatic carbocycles. The van der Waals surface area contributed by atoms with E-state index >= 15 is 0 Å². The summed E-state index contributed by atoms with van der Waals surface area (Å²) < 4.78 is 0. The highest BCUT2D eigenvalue weighted by Gasteiger charge is 2.05. The van der Waals surface area contributed by atoms with Crippen LogP contribution in [0.25, 0.3) is 0 Å². The Morgan fingerprint density at radius 2 is 2.60 bits per heavy atom. The highest BCUT2D eigenvalue weighted by atomic mass is 16.4. The molecule has 0 radical (unpaired) electrons. The third kappa shape index (κ3) is 4.73. The number of carboxylic acid groups (broad SMARTS) is 1. The Bertz CT molecular complexity index is 159. The summed E-state index contributed by atoms with van der Waals surface area (Å²) in [6.07, 6.45) is -1.09. The summed E-state index contributed by atoms with van der Waals surface area (Å²) in [6.45, 7) is 1.85. The summed E-state index contributed by atoms with van der Waals surface area (Å²) in [4.78, 5) is 12.7. The van der Waals surface area contributed by atoms with E-state index in [2.05, 4.69) is 15.3 Å². The molecule has 0 fully saturated rings. The van der Waals surface area contributed by atoms with Gasteiger partial charge in [-0.25, -0.2) is 4.79 Å². The first-order chi connectivity index (χ1) is 4.66. The number of hydrogen-bond acceptors (Lipinski definition) is 3.